The quantitative estimate of drug-likeness (QED) is 0.880. The third kappa shape index (κ3) is 3.70. The normalized spacial score (nSPS) is 17.9. The summed E-state index contributed by atoms with van der Waals surface area (Å²) in [5.74, 6) is 0.594. The molecule has 1 aliphatic heterocycles. The van der Waals surface area contributed by atoms with Crippen LogP contribution in [0.2, 0.25) is 0 Å². The van der Waals surface area contributed by atoms with Crippen LogP contribution in [0.1, 0.15) is 12.1 Å². The van der Waals surface area contributed by atoms with Crippen molar-refractivity contribution in [2.24, 2.45) is 0 Å². The first-order valence-corrected chi connectivity index (χ1v) is 8.53. The van der Waals surface area contributed by atoms with Gasteiger partial charge < -0.3 is 9.80 Å². The molecule has 1 aliphatic rings. The summed E-state index contributed by atoms with van der Waals surface area (Å²) < 4.78 is 0. The van der Waals surface area contributed by atoms with Gasteiger partial charge in [0, 0.05) is 57.4 Å². The molecular formula is C15H22N6OS. The molecule has 0 aromatic carbocycles. The third-order valence-corrected chi connectivity index (χ3v) is 4.93. The Bertz CT molecular complexity index is 698. The second-order valence-corrected chi connectivity index (χ2v) is 6.95. The van der Waals surface area contributed by atoms with Gasteiger partial charge in [0.05, 0.1) is 5.69 Å². The summed E-state index contributed by atoms with van der Waals surface area (Å²) in [4.78, 5) is 29.8. The molecule has 3 rings (SSSR count). The van der Waals surface area contributed by atoms with E-state index in [0.717, 1.165) is 30.3 Å². The first-order valence-electron chi connectivity index (χ1n) is 7.65. The number of rotatable bonds is 5. The van der Waals surface area contributed by atoms with Crippen LogP contribution in [0, 0.1) is 0 Å². The van der Waals surface area contributed by atoms with Crippen LogP contribution in [-0.4, -0.2) is 60.1 Å². The maximum atomic E-state index is 11.8. The molecule has 0 aliphatic carbocycles. The van der Waals surface area contributed by atoms with E-state index in [2.05, 4.69) is 31.8 Å². The molecule has 2 aromatic rings. The van der Waals surface area contributed by atoms with Gasteiger partial charge in [-0.3, -0.25) is 14.7 Å². The number of likely N-dealkylation sites (N-methyl/N-ethyl adjacent to an activating group) is 1. The van der Waals surface area contributed by atoms with E-state index < -0.39 is 0 Å². The number of aromatic amines is 1. The highest BCUT2D eigenvalue weighted by Gasteiger charge is 2.27. The van der Waals surface area contributed by atoms with Crippen LogP contribution < -0.4 is 15.4 Å². The largest absolute Gasteiger partial charge is 0.348 e. The number of thiazole rings is 1. The van der Waals surface area contributed by atoms with Crippen molar-refractivity contribution in [1.82, 2.24) is 19.9 Å². The lowest BCUT2D eigenvalue weighted by molar-refractivity contribution is 0.247. The Kier molecular flexibility index (Phi) is 4.63. The summed E-state index contributed by atoms with van der Waals surface area (Å²) in [5, 5.41) is 3.10. The Balaban J connectivity index is 1.66. The minimum Gasteiger partial charge on any atom is -0.348 e. The highest BCUT2D eigenvalue weighted by atomic mass is 32.1. The van der Waals surface area contributed by atoms with E-state index in [1.807, 2.05) is 30.6 Å². The van der Waals surface area contributed by atoms with Crippen LogP contribution in [-0.2, 0) is 6.54 Å². The molecule has 3 heterocycles. The van der Waals surface area contributed by atoms with Crippen LogP contribution in [0.25, 0.3) is 0 Å². The van der Waals surface area contributed by atoms with Gasteiger partial charge in [-0.1, -0.05) is 0 Å². The predicted molar refractivity (Wildman–Crippen MR) is 93.4 cm³/mol. The number of aromatic nitrogens is 3. The average molecular weight is 334 g/mol. The Hall–Kier alpha value is -1.93. The molecule has 0 bridgehead atoms. The molecular weight excluding hydrogens is 312 g/mol. The Morgan fingerprint density at radius 2 is 2.26 bits per heavy atom. The van der Waals surface area contributed by atoms with E-state index in [-0.39, 0.29) is 5.56 Å². The van der Waals surface area contributed by atoms with Gasteiger partial charge in [0.1, 0.15) is 0 Å². The maximum absolute atomic E-state index is 11.8. The predicted octanol–water partition coefficient (Wildman–Crippen LogP) is 1.00. The minimum absolute atomic E-state index is 0.108. The number of hydrogen-bond donors (Lipinski definition) is 1. The molecule has 1 saturated heterocycles. The lowest BCUT2D eigenvalue weighted by atomic mass is 10.2. The smallest absolute Gasteiger partial charge is 0.252 e. The van der Waals surface area contributed by atoms with Gasteiger partial charge in [0.2, 0.25) is 5.95 Å². The third-order valence-electron chi connectivity index (χ3n) is 4.09. The molecule has 8 heteroatoms. The topological polar surface area (TPSA) is 68.4 Å². The molecule has 1 N–H and O–H groups in total. The van der Waals surface area contributed by atoms with Crippen molar-refractivity contribution in [1.29, 1.82) is 0 Å². The number of hydrogen-bond acceptors (Lipinski definition) is 7. The van der Waals surface area contributed by atoms with Crippen molar-refractivity contribution in [2.75, 3.05) is 44.0 Å². The minimum atomic E-state index is -0.108. The Morgan fingerprint density at radius 3 is 2.96 bits per heavy atom. The first-order chi connectivity index (χ1) is 11.0. The Morgan fingerprint density at radius 1 is 1.43 bits per heavy atom. The van der Waals surface area contributed by atoms with Gasteiger partial charge in [-0.05, 0) is 13.5 Å². The molecule has 0 radical (unpaired) electrons. The van der Waals surface area contributed by atoms with Gasteiger partial charge >= 0.3 is 0 Å². The average Bonchev–Trinajstić information content (AvgIpc) is 3.17. The molecule has 1 atom stereocenters. The van der Waals surface area contributed by atoms with Crippen LogP contribution in [0.15, 0.2) is 22.4 Å². The van der Waals surface area contributed by atoms with E-state index in [9.17, 15) is 4.79 Å². The second-order valence-electron chi connectivity index (χ2n) is 6.07. The zero-order valence-corrected chi connectivity index (χ0v) is 14.5. The molecule has 23 heavy (non-hydrogen) atoms. The van der Waals surface area contributed by atoms with Crippen molar-refractivity contribution in [3.8, 4) is 0 Å². The fraction of sp³-hybridized carbons (Fsp3) is 0.533. The fourth-order valence-electron chi connectivity index (χ4n) is 2.82. The van der Waals surface area contributed by atoms with Crippen molar-refractivity contribution in [3.05, 3.63) is 33.7 Å². The summed E-state index contributed by atoms with van der Waals surface area (Å²) in [6.07, 6.45) is 2.94. The SMILES string of the molecule is CN(C)c1nc(CN(C)C2CCN(c3nccs3)C2)cc(=O)[nH]1. The van der Waals surface area contributed by atoms with Crippen LogP contribution in [0.4, 0.5) is 11.1 Å². The molecule has 0 spiro atoms. The zero-order valence-electron chi connectivity index (χ0n) is 13.7. The summed E-state index contributed by atoms with van der Waals surface area (Å²) in [6.45, 7) is 2.66. The molecule has 124 valence electrons. The van der Waals surface area contributed by atoms with E-state index in [4.69, 9.17) is 0 Å². The van der Waals surface area contributed by atoms with Gasteiger partial charge in [-0.15, -0.1) is 11.3 Å². The summed E-state index contributed by atoms with van der Waals surface area (Å²) in [6, 6.07) is 2.03. The number of nitrogens with zero attached hydrogens (tertiary/aromatic N) is 5. The molecule has 1 fully saturated rings. The zero-order chi connectivity index (χ0) is 16.4. The highest BCUT2D eigenvalue weighted by molar-refractivity contribution is 7.13. The fourth-order valence-corrected chi connectivity index (χ4v) is 3.50. The Labute approximate surface area is 139 Å². The van der Waals surface area contributed by atoms with Crippen molar-refractivity contribution in [2.45, 2.75) is 19.0 Å². The number of H-pyrrole nitrogens is 1. The van der Waals surface area contributed by atoms with Gasteiger partial charge in [-0.25, -0.2) is 9.97 Å². The monoisotopic (exact) mass is 334 g/mol. The maximum Gasteiger partial charge on any atom is 0.252 e. The van der Waals surface area contributed by atoms with E-state index in [1.54, 1.807) is 17.4 Å². The van der Waals surface area contributed by atoms with E-state index in [0.29, 0.717) is 18.5 Å². The molecule has 7 nitrogen and oxygen atoms in total. The number of nitrogens with one attached hydrogen (secondary N) is 1. The van der Waals surface area contributed by atoms with Crippen molar-refractivity contribution >= 4 is 22.4 Å². The van der Waals surface area contributed by atoms with Crippen LogP contribution >= 0.6 is 11.3 Å². The summed E-state index contributed by atoms with van der Waals surface area (Å²) in [7, 11) is 5.83. The van der Waals surface area contributed by atoms with Gasteiger partial charge in [0.25, 0.3) is 5.56 Å². The standard InChI is InChI=1S/C15H22N6OS/c1-19(2)14-17-11(8-13(22)18-14)9-20(3)12-4-6-21(10-12)15-16-5-7-23-15/h5,7-8,12H,4,6,9-10H2,1-3H3,(H,17,18,22). The second kappa shape index (κ2) is 6.67. The van der Waals surface area contributed by atoms with E-state index >= 15 is 0 Å². The van der Waals surface area contributed by atoms with Crippen LogP contribution in [0.5, 0.6) is 0 Å². The molecule has 2 aromatic heterocycles. The van der Waals surface area contributed by atoms with Crippen molar-refractivity contribution in [3.63, 3.8) is 0 Å². The van der Waals surface area contributed by atoms with E-state index in [1.165, 1.54) is 0 Å². The highest BCUT2D eigenvalue weighted by Crippen LogP contribution is 2.24. The molecule has 1 unspecified atom stereocenters. The van der Waals surface area contributed by atoms with Gasteiger partial charge in [0.15, 0.2) is 5.13 Å². The lowest BCUT2D eigenvalue weighted by Crippen LogP contribution is -2.35. The summed E-state index contributed by atoms with van der Waals surface area (Å²) in [5.41, 5.74) is 0.690. The molecule has 0 saturated carbocycles. The van der Waals surface area contributed by atoms with Crippen LogP contribution in [0.3, 0.4) is 0 Å². The molecule has 0 amide bonds. The number of anilines is 2. The van der Waals surface area contributed by atoms with Crippen molar-refractivity contribution < 1.29 is 0 Å². The van der Waals surface area contributed by atoms with Gasteiger partial charge in [-0.2, -0.15) is 0 Å². The first kappa shape index (κ1) is 15.9. The lowest BCUT2D eigenvalue weighted by Gasteiger charge is -2.24. The summed E-state index contributed by atoms with van der Waals surface area (Å²) >= 11 is 1.68.